The third kappa shape index (κ3) is 4.38. The van der Waals surface area contributed by atoms with Crippen LogP contribution in [0.5, 0.6) is 11.5 Å². The highest BCUT2D eigenvalue weighted by molar-refractivity contribution is 6.30. The van der Waals surface area contributed by atoms with E-state index < -0.39 is 0 Å². The lowest BCUT2D eigenvalue weighted by Gasteiger charge is -2.06. The average molecular weight is 411 g/mol. The monoisotopic (exact) mass is 410 g/mol. The molecular weight excluding hydrogens is 395 g/mol. The summed E-state index contributed by atoms with van der Waals surface area (Å²) in [5.41, 5.74) is 2.38. The fourth-order valence-corrected chi connectivity index (χ4v) is 2.92. The van der Waals surface area contributed by atoms with Gasteiger partial charge in [-0.2, -0.15) is 4.98 Å². The molecule has 0 fully saturated rings. The Balaban J connectivity index is 1.48. The van der Waals surface area contributed by atoms with Gasteiger partial charge in [0.2, 0.25) is 5.82 Å². The first kappa shape index (κ1) is 19.0. The number of benzene rings is 3. The van der Waals surface area contributed by atoms with Gasteiger partial charge in [-0.3, -0.25) is 0 Å². The molecule has 146 valence electrons. The number of nitrogens with zero attached hydrogens (tertiary/aromatic N) is 2. The number of aromatic nitrogens is 2. The molecule has 0 amide bonds. The molecule has 3 aromatic carbocycles. The molecule has 0 atom stereocenters. The van der Waals surface area contributed by atoms with Gasteiger partial charge in [0.05, 0.1) is 12.7 Å². The predicted octanol–water partition coefficient (Wildman–Crippen LogP) is 5.78. The second-order valence-electron chi connectivity index (χ2n) is 6.21. The van der Waals surface area contributed by atoms with E-state index in [9.17, 15) is 4.39 Å². The van der Waals surface area contributed by atoms with Crippen molar-refractivity contribution < 1.29 is 18.4 Å². The topological polar surface area (TPSA) is 57.4 Å². The summed E-state index contributed by atoms with van der Waals surface area (Å²) in [5, 5.41) is 4.59. The first-order valence-electron chi connectivity index (χ1n) is 8.77. The summed E-state index contributed by atoms with van der Waals surface area (Å²) in [6.07, 6.45) is 0. The van der Waals surface area contributed by atoms with Gasteiger partial charge in [-0.25, -0.2) is 4.39 Å². The van der Waals surface area contributed by atoms with Crippen LogP contribution >= 0.6 is 11.6 Å². The summed E-state index contributed by atoms with van der Waals surface area (Å²) in [6, 6.07) is 18.7. The van der Waals surface area contributed by atoms with Gasteiger partial charge in [0, 0.05) is 10.6 Å². The third-order valence-corrected chi connectivity index (χ3v) is 4.48. The molecule has 0 aliphatic carbocycles. The Kier molecular flexibility index (Phi) is 5.44. The molecule has 29 heavy (non-hydrogen) atoms. The van der Waals surface area contributed by atoms with Crippen LogP contribution in [0.25, 0.3) is 22.8 Å². The van der Waals surface area contributed by atoms with E-state index in [0.717, 1.165) is 11.1 Å². The van der Waals surface area contributed by atoms with Crippen LogP contribution in [-0.4, -0.2) is 17.3 Å². The van der Waals surface area contributed by atoms with E-state index >= 15 is 0 Å². The fraction of sp³-hybridized carbons (Fsp3) is 0.0909. The minimum Gasteiger partial charge on any atom is -0.496 e. The van der Waals surface area contributed by atoms with Gasteiger partial charge >= 0.3 is 0 Å². The molecule has 0 aliphatic heterocycles. The highest BCUT2D eigenvalue weighted by atomic mass is 35.5. The van der Waals surface area contributed by atoms with Crippen LogP contribution < -0.4 is 9.47 Å². The van der Waals surface area contributed by atoms with Crippen LogP contribution in [-0.2, 0) is 6.61 Å². The molecule has 0 radical (unpaired) electrons. The van der Waals surface area contributed by atoms with Crippen molar-refractivity contribution >= 4 is 11.6 Å². The second-order valence-corrected chi connectivity index (χ2v) is 6.64. The predicted molar refractivity (Wildman–Crippen MR) is 107 cm³/mol. The van der Waals surface area contributed by atoms with Gasteiger partial charge < -0.3 is 14.0 Å². The van der Waals surface area contributed by atoms with Crippen molar-refractivity contribution in [2.45, 2.75) is 6.61 Å². The van der Waals surface area contributed by atoms with Crippen molar-refractivity contribution in [3.05, 3.63) is 83.1 Å². The van der Waals surface area contributed by atoms with Gasteiger partial charge in [-0.05, 0) is 60.2 Å². The van der Waals surface area contributed by atoms with Crippen LogP contribution in [0.15, 0.2) is 71.3 Å². The molecule has 4 rings (SSSR count). The first-order chi connectivity index (χ1) is 14.1. The zero-order valence-corrected chi connectivity index (χ0v) is 16.2. The minimum absolute atomic E-state index is 0.295. The van der Waals surface area contributed by atoms with Crippen molar-refractivity contribution in [1.82, 2.24) is 10.1 Å². The molecule has 0 spiro atoms. The van der Waals surface area contributed by atoms with Crippen molar-refractivity contribution in [1.29, 1.82) is 0 Å². The lowest BCUT2D eigenvalue weighted by Crippen LogP contribution is -1.95. The van der Waals surface area contributed by atoms with Gasteiger partial charge in [-0.1, -0.05) is 28.9 Å². The SMILES string of the molecule is COc1ccc(Cl)cc1-c1noc(-c2ccc(COc3ccc(F)cc3)cc2)n1. The number of ether oxygens (including phenoxy) is 2. The van der Waals surface area contributed by atoms with E-state index in [1.165, 1.54) is 12.1 Å². The summed E-state index contributed by atoms with van der Waals surface area (Å²) in [7, 11) is 1.57. The Morgan fingerprint density at radius 1 is 1.00 bits per heavy atom. The Bertz CT molecular complexity index is 1110. The Morgan fingerprint density at radius 2 is 1.76 bits per heavy atom. The van der Waals surface area contributed by atoms with Crippen LogP contribution in [0.3, 0.4) is 0 Å². The van der Waals surface area contributed by atoms with Crippen molar-refractivity contribution in [2.24, 2.45) is 0 Å². The molecule has 0 saturated carbocycles. The lowest BCUT2D eigenvalue weighted by atomic mass is 10.1. The number of hydrogen-bond acceptors (Lipinski definition) is 5. The highest BCUT2D eigenvalue weighted by Gasteiger charge is 2.15. The maximum absolute atomic E-state index is 12.9. The number of rotatable bonds is 6. The smallest absolute Gasteiger partial charge is 0.258 e. The molecule has 4 aromatic rings. The third-order valence-electron chi connectivity index (χ3n) is 4.25. The van der Waals surface area contributed by atoms with Crippen LogP contribution in [0.1, 0.15) is 5.56 Å². The minimum atomic E-state index is -0.295. The molecule has 5 nitrogen and oxygen atoms in total. The van der Waals surface area contributed by atoms with Gasteiger partial charge in [0.25, 0.3) is 5.89 Å². The maximum Gasteiger partial charge on any atom is 0.258 e. The Morgan fingerprint density at radius 3 is 2.48 bits per heavy atom. The number of hydrogen-bond donors (Lipinski definition) is 0. The average Bonchev–Trinajstić information content (AvgIpc) is 3.24. The lowest BCUT2D eigenvalue weighted by molar-refractivity contribution is 0.306. The molecule has 0 N–H and O–H groups in total. The molecule has 0 unspecified atom stereocenters. The maximum atomic E-state index is 12.9. The summed E-state index contributed by atoms with van der Waals surface area (Å²) in [4.78, 5) is 4.45. The van der Waals surface area contributed by atoms with Crippen molar-refractivity contribution in [3.63, 3.8) is 0 Å². The van der Waals surface area contributed by atoms with Gasteiger partial charge in [-0.15, -0.1) is 0 Å². The molecule has 1 aromatic heterocycles. The van der Waals surface area contributed by atoms with Crippen LogP contribution in [0.4, 0.5) is 4.39 Å². The quantitative estimate of drug-likeness (QED) is 0.403. The van der Waals surface area contributed by atoms with E-state index in [1.807, 2.05) is 24.3 Å². The van der Waals surface area contributed by atoms with Gasteiger partial charge in [0.15, 0.2) is 0 Å². The first-order valence-corrected chi connectivity index (χ1v) is 9.15. The molecule has 0 saturated heterocycles. The van der Waals surface area contributed by atoms with Gasteiger partial charge in [0.1, 0.15) is 23.9 Å². The zero-order chi connectivity index (χ0) is 20.2. The van der Waals surface area contributed by atoms with E-state index in [2.05, 4.69) is 10.1 Å². The second kappa shape index (κ2) is 8.32. The van der Waals surface area contributed by atoms with Crippen molar-refractivity contribution in [2.75, 3.05) is 7.11 Å². The normalized spacial score (nSPS) is 10.7. The number of halogens is 2. The van der Waals surface area contributed by atoms with Crippen molar-refractivity contribution in [3.8, 4) is 34.3 Å². The highest BCUT2D eigenvalue weighted by Crippen LogP contribution is 2.32. The molecule has 0 aliphatic rings. The molecule has 7 heteroatoms. The fourth-order valence-electron chi connectivity index (χ4n) is 2.75. The Labute approximate surface area is 171 Å². The summed E-state index contributed by atoms with van der Waals surface area (Å²) in [6.45, 7) is 0.362. The standard InChI is InChI=1S/C22H16ClFN2O3/c1-27-20-11-6-16(23)12-19(20)21-25-22(29-26-21)15-4-2-14(3-5-15)13-28-18-9-7-17(24)8-10-18/h2-12H,13H2,1H3. The summed E-state index contributed by atoms with van der Waals surface area (Å²) in [5.74, 6) is 1.69. The van der Waals surface area contributed by atoms with E-state index in [4.69, 9.17) is 25.6 Å². The number of methoxy groups -OCH3 is 1. The molecular formula is C22H16ClFN2O3. The largest absolute Gasteiger partial charge is 0.496 e. The summed E-state index contributed by atoms with van der Waals surface area (Å²) < 4.78 is 29.3. The summed E-state index contributed by atoms with van der Waals surface area (Å²) >= 11 is 6.07. The molecule has 1 heterocycles. The van der Waals surface area contributed by atoms with E-state index in [1.54, 1.807) is 37.4 Å². The van der Waals surface area contributed by atoms with E-state index in [-0.39, 0.29) is 5.82 Å². The Hall–Kier alpha value is -3.38. The van der Waals surface area contributed by atoms with E-state index in [0.29, 0.717) is 40.4 Å². The zero-order valence-electron chi connectivity index (χ0n) is 15.4. The van der Waals surface area contributed by atoms with Crippen LogP contribution in [0, 0.1) is 5.82 Å². The molecule has 0 bridgehead atoms. The van der Waals surface area contributed by atoms with Crippen LogP contribution in [0.2, 0.25) is 5.02 Å².